The quantitative estimate of drug-likeness (QED) is 0.865. The summed E-state index contributed by atoms with van der Waals surface area (Å²) in [5, 5.41) is 2.85. The lowest BCUT2D eigenvalue weighted by molar-refractivity contribution is -0.116. The first-order valence-electron chi connectivity index (χ1n) is 8.59. The lowest BCUT2D eigenvalue weighted by atomic mass is 10.1. The first kappa shape index (κ1) is 17.0. The van der Waals surface area contributed by atoms with E-state index in [1.165, 1.54) is 10.5 Å². The van der Waals surface area contributed by atoms with Crippen molar-refractivity contribution in [3.05, 3.63) is 71.8 Å². The predicted octanol–water partition coefficient (Wildman–Crippen LogP) is 4.09. The van der Waals surface area contributed by atoms with Gasteiger partial charge >= 0.3 is 0 Å². The van der Waals surface area contributed by atoms with Gasteiger partial charge in [-0.1, -0.05) is 50.3 Å². The highest BCUT2D eigenvalue weighted by atomic mass is 16.2. The molecule has 3 rings (SSSR count). The van der Waals surface area contributed by atoms with Crippen LogP contribution in [-0.4, -0.2) is 23.3 Å². The van der Waals surface area contributed by atoms with Crippen LogP contribution in [0.3, 0.4) is 0 Å². The molecule has 4 nitrogen and oxygen atoms in total. The minimum atomic E-state index is -0.233. The van der Waals surface area contributed by atoms with Crippen molar-refractivity contribution in [3.63, 3.8) is 0 Å². The largest absolute Gasteiger partial charge is 0.325 e. The van der Waals surface area contributed by atoms with Crippen LogP contribution in [0, 0.1) is 0 Å². The molecule has 1 aliphatic rings. The molecule has 0 bridgehead atoms. The minimum Gasteiger partial charge on any atom is -0.325 e. The Morgan fingerprint density at radius 1 is 1.08 bits per heavy atom. The Kier molecular flexibility index (Phi) is 4.98. The summed E-state index contributed by atoms with van der Waals surface area (Å²) in [5.41, 5.74) is 3.96. The molecule has 0 aromatic heterocycles. The van der Waals surface area contributed by atoms with E-state index in [1.807, 2.05) is 42.5 Å². The Labute approximate surface area is 148 Å². The van der Waals surface area contributed by atoms with Gasteiger partial charge in [0.15, 0.2) is 0 Å². The third-order valence-corrected chi connectivity index (χ3v) is 4.40. The van der Waals surface area contributed by atoms with Crippen molar-refractivity contribution in [2.45, 2.75) is 26.2 Å². The molecule has 2 aromatic carbocycles. The fraction of sp³-hybridized carbons (Fsp3) is 0.238. The molecular formula is C21H22N2O2. The topological polar surface area (TPSA) is 49.4 Å². The van der Waals surface area contributed by atoms with Crippen LogP contribution < -0.4 is 5.32 Å². The van der Waals surface area contributed by atoms with Crippen LogP contribution in [0.2, 0.25) is 0 Å². The SMILES string of the molecule is C=C1c2ccccc2C(=O)N1CC(=O)Nc1ccc(CCCC)cc1. The lowest BCUT2D eigenvalue weighted by Gasteiger charge is -2.17. The van der Waals surface area contributed by atoms with Crippen molar-refractivity contribution in [3.8, 4) is 0 Å². The second-order valence-corrected chi connectivity index (χ2v) is 6.23. The maximum Gasteiger partial charge on any atom is 0.259 e. The van der Waals surface area contributed by atoms with E-state index >= 15 is 0 Å². The molecule has 25 heavy (non-hydrogen) atoms. The summed E-state index contributed by atoms with van der Waals surface area (Å²) in [6.45, 7) is 6.08. The number of carbonyl (C=O) groups excluding carboxylic acids is 2. The van der Waals surface area contributed by atoms with Gasteiger partial charge < -0.3 is 5.32 Å². The molecular weight excluding hydrogens is 312 g/mol. The van der Waals surface area contributed by atoms with Crippen molar-refractivity contribution >= 4 is 23.2 Å². The Morgan fingerprint density at radius 2 is 1.76 bits per heavy atom. The molecule has 0 radical (unpaired) electrons. The normalized spacial score (nSPS) is 13.1. The molecule has 0 fully saturated rings. The number of hydrogen-bond acceptors (Lipinski definition) is 2. The molecule has 2 aromatic rings. The van der Waals surface area contributed by atoms with Crippen molar-refractivity contribution in [1.29, 1.82) is 0 Å². The first-order chi connectivity index (χ1) is 12.1. The highest BCUT2D eigenvalue weighted by Gasteiger charge is 2.31. The van der Waals surface area contributed by atoms with E-state index in [1.54, 1.807) is 6.07 Å². The summed E-state index contributed by atoms with van der Waals surface area (Å²) >= 11 is 0. The Bertz CT molecular complexity index is 774. The van der Waals surface area contributed by atoms with Gasteiger partial charge in [0.1, 0.15) is 6.54 Å². The van der Waals surface area contributed by atoms with Crippen molar-refractivity contribution in [2.75, 3.05) is 11.9 Å². The van der Waals surface area contributed by atoms with Crippen LogP contribution in [0.15, 0.2) is 55.1 Å². The second kappa shape index (κ2) is 7.34. The summed E-state index contributed by atoms with van der Waals surface area (Å²) in [6, 6.07) is 15.1. The summed E-state index contributed by atoms with van der Waals surface area (Å²) in [4.78, 5) is 26.2. The van der Waals surface area contributed by atoms with Gasteiger partial charge in [0.25, 0.3) is 5.91 Å². The van der Waals surface area contributed by atoms with Crippen LogP contribution >= 0.6 is 0 Å². The number of rotatable bonds is 6. The second-order valence-electron chi connectivity index (χ2n) is 6.23. The molecule has 0 atom stereocenters. The third-order valence-electron chi connectivity index (χ3n) is 4.40. The van der Waals surface area contributed by atoms with Gasteiger partial charge in [0.2, 0.25) is 5.91 Å². The molecule has 4 heteroatoms. The zero-order valence-electron chi connectivity index (χ0n) is 14.4. The maximum atomic E-state index is 12.4. The molecule has 2 amide bonds. The highest BCUT2D eigenvalue weighted by Crippen LogP contribution is 2.30. The van der Waals surface area contributed by atoms with E-state index in [2.05, 4.69) is 18.8 Å². The fourth-order valence-electron chi connectivity index (χ4n) is 2.98. The predicted molar refractivity (Wildman–Crippen MR) is 100 cm³/mol. The van der Waals surface area contributed by atoms with E-state index in [4.69, 9.17) is 0 Å². The van der Waals surface area contributed by atoms with E-state index in [0.717, 1.165) is 30.5 Å². The minimum absolute atomic E-state index is 0.0378. The average molecular weight is 334 g/mol. The van der Waals surface area contributed by atoms with Gasteiger partial charge in [-0.25, -0.2) is 0 Å². The van der Waals surface area contributed by atoms with Crippen LogP contribution in [0.4, 0.5) is 5.69 Å². The van der Waals surface area contributed by atoms with Gasteiger partial charge in [-0.2, -0.15) is 0 Å². The smallest absolute Gasteiger partial charge is 0.259 e. The molecule has 1 heterocycles. The number of nitrogens with zero attached hydrogens (tertiary/aromatic N) is 1. The summed E-state index contributed by atoms with van der Waals surface area (Å²) in [6.07, 6.45) is 3.37. The number of fused-ring (bicyclic) bond motifs is 1. The number of hydrogen-bond donors (Lipinski definition) is 1. The van der Waals surface area contributed by atoms with Gasteiger partial charge in [-0.3, -0.25) is 14.5 Å². The molecule has 0 aliphatic carbocycles. The number of aryl methyl sites for hydroxylation is 1. The fourth-order valence-corrected chi connectivity index (χ4v) is 2.98. The van der Waals surface area contributed by atoms with E-state index < -0.39 is 0 Å². The maximum absolute atomic E-state index is 12.4. The average Bonchev–Trinajstić information content (AvgIpc) is 2.86. The van der Waals surface area contributed by atoms with E-state index in [9.17, 15) is 9.59 Å². The Hall–Kier alpha value is -2.88. The zero-order chi connectivity index (χ0) is 17.8. The summed E-state index contributed by atoms with van der Waals surface area (Å²) < 4.78 is 0. The number of anilines is 1. The zero-order valence-corrected chi connectivity index (χ0v) is 14.4. The van der Waals surface area contributed by atoms with E-state index in [0.29, 0.717) is 11.3 Å². The molecule has 128 valence electrons. The molecule has 0 unspecified atom stereocenters. The number of nitrogens with one attached hydrogen (secondary N) is 1. The highest BCUT2D eigenvalue weighted by molar-refractivity contribution is 6.11. The standard InChI is InChI=1S/C21H22N2O2/c1-3-4-7-16-10-12-17(13-11-16)22-20(24)14-23-15(2)18-8-5-6-9-19(18)21(23)25/h5-6,8-13H,2-4,7,14H2,1H3,(H,22,24). The van der Waals surface area contributed by atoms with Gasteiger partial charge in [-0.15, -0.1) is 0 Å². The number of carbonyl (C=O) groups is 2. The number of amides is 2. The van der Waals surface area contributed by atoms with E-state index in [-0.39, 0.29) is 18.4 Å². The third kappa shape index (κ3) is 3.63. The van der Waals surface area contributed by atoms with Crippen LogP contribution in [-0.2, 0) is 11.2 Å². The van der Waals surface area contributed by atoms with Crippen LogP contribution in [0.25, 0.3) is 5.70 Å². The summed E-state index contributed by atoms with van der Waals surface area (Å²) in [5.74, 6) is -0.408. The first-order valence-corrected chi connectivity index (χ1v) is 8.59. The molecule has 0 spiro atoms. The molecule has 0 saturated carbocycles. The Balaban J connectivity index is 1.62. The van der Waals surface area contributed by atoms with Crippen molar-refractivity contribution < 1.29 is 9.59 Å². The number of benzene rings is 2. The summed E-state index contributed by atoms with van der Waals surface area (Å²) in [7, 11) is 0. The van der Waals surface area contributed by atoms with Gasteiger partial charge in [0.05, 0.1) is 0 Å². The van der Waals surface area contributed by atoms with Crippen LogP contribution in [0.5, 0.6) is 0 Å². The molecule has 0 saturated heterocycles. The molecule has 1 N–H and O–H groups in total. The monoisotopic (exact) mass is 334 g/mol. The van der Waals surface area contributed by atoms with Gasteiger partial charge in [0, 0.05) is 22.5 Å². The number of unbranched alkanes of at least 4 members (excludes halogenated alkanes) is 1. The van der Waals surface area contributed by atoms with Crippen molar-refractivity contribution in [2.24, 2.45) is 0 Å². The molecule has 1 aliphatic heterocycles. The Morgan fingerprint density at radius 3 is 2.40 bits per heavy atom. The van der Waals surface area contributed by atoms with Crippen LogP contribution in [0.1, 0.15) is 41.3 Å². The lowest BCUT2D eigenvalue weighted by Crippen LogP contribution is -2.32. The van der Waals surface area contributed by atoms with Gasteiger partial charge in [-0.05, 0) is 36.6 Å². The van der Waals surface area contributed by atoms with Crippen molar-refractivity contribution in [1.82, 2.24) is 4.90 Å².